The quantitative estimate of drug-likeness (QED) is 0.780. The van der Waals surface area contributed by atoms with E-state index in [0.717, 1.165) is 19.5 Å². The van der Waals surface area contributed by atoms with Crippen LogP contribution in [-0.2, 0) is 6.54 Å². The SMILES string of the molecule is CN(C)CCCN(C)Cc1cc(C(=O)O)co1. The van der Waals surface area contributed by atoms with E-state index in [1.165, 1.54) is 6.26 Å². The number of rotatable bonds is 7. The first-order valence-corrected chi connectivity index (χ1v) is 5.63. The predicted octanol–water partition coefficient (Wildman–Crippen LogP) is 1.36. The Labute approximate surface area is 102 Å². The molecule has 1 aromatic rings. The third-order valence-electron chi connectivity index (χ3n) is 2.47. The highest BCUT2D eigenvalue weighted by Gasteiger charge is 2.09. The molecule has 0 fully saturated rings. The highest BCUT2D eigenvalue weighted by Crippen LogP contribution is 2.10. The van der Waals surface area contributed by atoms with Gasteiger partial charge in [-0.25, -0.2) is 4.79 Å². The van der Waals surface area contributed by atoms with Crippen LogP contribution in [0.5, 0.6) is 0 Å². The molecule has 0 saturated heterocycles. The predicted molar refractivity (Wildman–Crippen MR) is 65.2 cm³/mol. The van der Waals surface area contributed by atoms with Gasteiger partial charge >= 0.3 is 5.97 Å². The number of hydrogen-bond donors (Lipinski definition) is 1. The van der Waals surface area contributed by atoms with Gasteiger partial charge in [-0.05, 0) is 46.7 Å². The zero-order valence-corrected chi connectivity index (χ0v) is 10.6. The molecule has 96 valence electrons. The normalized spacial score (nSPS) is 11.4. The van der Waals surface area contributed by atoms with E-state index >= 15 is 0 Å². The van der Waals surface area contributed by atoms with E-state index in [2.05, 4.69) is 9.80 Å². The Hall–Kier alpha value is -1.33. The van der Waals surface area contributed by atoms with Crippen molar-refractivity contribution in [3.05, 3.63) is 23.7 Å². The van der Waals surface area contributed by atoms with E-state index in [1.807, 2.05) is 21.1 Å². The van der Waals surface area contributed by atoms with Crippen molar-refractivity contribution in [3.63, 3.8) is 0 Å². The topological polar surface area (TPSA) is 56.9 Å². The van der Waals surface area contributed by atoms with Gasteiger partial charge in [0.15, 0.2) is 0 Å². The van der Waals surface area contributed by atoms with Crippen LogP contribution in [0.2, 0.25) is 0 Å². The van der Waals surface area contributed by atoms with Gasteiger partial charge in [0.2, 0.25) is 0 Å². The van der Waals surface area contributed by atoms with Crippen molar-refractivity contribution in [2.24, 2.45) is 0 Å². The van der Waals surface area contributed by atoms with Crippen LogP contribution in [0.3, 0.4) is 0 Å². The zero-order valence-electron chi connectivity index (χ0n) is 10.6. The van der Waals surface area contributed by atoms with E-state index in [-0.39, 0.29) is 5.56 Å². The van der Waals surface area contributed by atoms with Gasteiger partial charge in [0.1, 0.15) is 12.0 Å². The summed E-state index contributed by atoms with van der Waals surface area (Å²) >= 11 is 0. The maximum Gasteiger partial charge on any atom is 0.338 e. The largest absolute Gasteiger partial charge is 0.478 e. The highest BCUT2D eigenvalue weighted by atomic mass is 16.4. The van der Waals surface area contributed by atoms with Gasteiger partial charge in [-0.2, -0.15) is 0 Å². The molecule has 0 amide bonds. The number of carboxylic acids is 1. The first-order chi connectivity index (χ1) is 7.99. The third-order valence-corrected chi connectivity index (χ3v) is 2.47. The molecule has 0 radical (unpaired) electrons. The van der Waals surface area contributed by atoms with Crippen LogP contribution in [0.15, 0.2) is 16.7 Å². The molecule has 1 N–H and O–H groups in total. The number of carboxylic acid groups (broad SMARTS) is 1. The number of aromatic carboxylic acids is 1. The van der Waals surface area contributed by atoms with Crippen LogP contribution in [-0.4, -0.2) is 55.1 Å². The average Bonchev–Trinajstić information content (AvgIpc) is 2.65. The summed E-state index contributed by atoms with van der Waals surface area (Å²) in [6.45, 7) is 2.64. The van der Waals surface area contributed by atoms with Gasteiger partial charge in [0.25, 0.3) is 0 Å². The number of carbonyl (C=O) groups is 1. The minimum Gasteiger partial charge on any atom is -0.478 e. The number of furan rings is 1. The molecule has 0 unspecified atom stereocenters. The summed E-state index contributed by atoms with van der Waals surface area (Å²) in [5.41, 5.74) is 0.210. The molecule has 0 aliphatic carbocycles. The molecule has 5 nitrogen and oxygen atoms in total. The molecule has 0 atom stereocenters. The van der Waals surface area contributed by atoms with Crippen molar-refractivity contribution in [3.8, 4) is 0 Å². The van der Waals surface area contributed by atoms with Crippen molar-refractivity contribution in [2.45, 2.75) is 13.0 Å². The van der Waals surface area contributed by atoms with Gasteiger partial charge in [-0.1, -0.05) is 0 Å². The third kappa shape index (κ3) is 5.01. The van der Waals surface area contributed by atoms with Crippen molar-refractivity contribution >= 4 is 5.97 Å². The standard InChI is InChI=1S/C12H20N2O3/c1-13(2)5-4-6-14(3)8-11-7-10(9-17-11)12(15)16/h7,9H,4-6,8H2,1-3H3,(H,15,16). The Morgan fingerprint density at radius 1 is 1.35 bits per heavy atom. The summed E-state index contributed by atoms with van der Waals surface area (Å²) in [5, 5.41) is 8.76. The second kappa shape index (κ2) is 6.42. The summed E-state index contributed by atoms with van der Waals surface area (Å²) in [6.07, 6.45) is 2.36. The van der Waals surface area contributed by atoms with Gasteiger partial charge in [0.05, 0.1) is 12.1 Å². The summed E-state index contributed by atoms with van der Waals surface area (Å²) in [4.78, 5) is 14.9. The fourth-order valence-corrected chi connectivity index (χ4v) is 1.58. The van der Waals surface area contributed by atoms with Gasteiger partial charge in [0, 0.05) is 0 Å². The van der Waals surface area contributed by atoms with Crippen molar-refractivity contribution < 1.29 is 14.3 Å². The minimum absolute atomic E-state index is 0.210. The Kier molecular flexibility index (Phi) is 5.18. The molecule has 1 rings (SSSR count). The molecule has 17 heavy (non-hydrogen) atoms. The summed E-state index contributed by atoms with van der Waals surface area (Å²) in [5.74, 6) is -0.259. The fraction of sp³-hybridized carbons (Fsp3) is 0.583. The van der Waals surface area contributed by atoms with Crippen LogP contribution in [0, 0.1) is 0 Å². The lowest BCUT2D eigenvalue weighted by Gasteiger charge is -2.16. The average molecular weight is 240 g/mol. The van der Waals surface area contributed by atoms with Crippen LogP contribution in [0.4, 0.5) is 0 Å². The summed E-state index contributed by atoms with van der Waals surface area (Å²) in [6, 6.07) is 1.57. The first-order valence-electron chi connectivity index (χ1n) is 5.63. The Balaban J connectivity index is 2.34. The first kappa shape index (κ1) is 13.7. The Morgan fingerprint density at radius 2 is 2.06 bits per heavy atom. The second-order valence-electron chi connectivity index (χ2n) is 4.50. The fourth-order valence-electron chi connectivity index (χ4n) is 1.58. The lowest BCUT2D eigenvalue weighted by molar-refractivity contribution is 0.0696. The van der Waals surface area contributed by atoms with Crippen LogP contribution in [0.1, 0.15) is 22.5 Å². The lowest BCUT2D eigenvalue weighted by atomic mass is 10.3. The molecule has 0 spiro atoms. The Morgan fingerprint density at radius 3 is 2.59 bits per heavy atom. The van der Waals surface area contributed by atoms with E-state index in [0.29, 0.717) is 12.3 Å². The maximum absolute atomic E-state index is 10.7. The van der Waals surface area contributed by atoms with Crippen LogP contribution in [0.25, 0.3) is 0 Å². The lowest BCUT2D eigenvalue weighted by Crippen LogP contribution is -2.23. The van der Waals surface area contributed by atoms with Crippen LogP contribution < -0.4 is 0 Å². The molecule has 1 aromatic heterocycles. The van der Waals surface area contributed by atoms with Crippen molar-refractivity contribution in [1.82, 2.24) is 9.80 Å². The molecule has 5 heteroatoms. The summed E-state index contributed by atoms with van der Waals surface area (Å²) in [7, 11) is 6.09. The number of nitrogens with zero attached hydrogens (tertiary/aromatic N) is 2. The monoisotopic (exact) mass is 240 g/mol. The molecular formula is C12H20N2O3. The van der Waals surface area contributed by atoms with Crippen molar-refractivity contribution in [1.29, 1.82) is 0 Å². The maximum atomic E-state index is 10.7. The van der Waals surface area contributed by atoms with E-state index in [9.17, 15) is 4.79 Å². The van der Waals surface area contributed by atoms with E-state index in [4.69, 9.17) is 9.52 Å². The van der Waals surface area contributed by atoms with Gasteiger partial charge in [-0.3, -0.25) is 4.90 Å². The number of hydrogen-bond acceptors (Lipinski definition) is 4. The van der Waals surface area contributed by atoms with Crippen molar-refractivity contribution in [2.75, 3.05) is 34.2 Å². The molecule has 1 heterocycles. The molecule has 0 saturated carbocycles. The minimum atomic E-state index is -0.949. The Bertz CT molecular complexity index is 360. The van der Waals surface area contributed by atoms with Crippen LogP contribution >= 0.6 is 0 Å². The molecule has 0 aliphatic heterocycles. The zero-order chi connectivity index (χ0) is 12.8. The van der Waals surface area contributed by atoms with Gasteiger partial charge < -0.3 is 14.4 Å². The highest BCUT2D eigenvalue weighted by molar-refractivity contribution is 5.87. The van der Waals surface area contributed by atoms with Gasteiger partial charge in [-0.15, -0.1) is 0 Å². The molecular weight excluding hydrogens is 220 g/mol. The second-order valence-corrected chi connectivity index (χ2v) is 4.50. The van der Waals surface area contributed by atoms with E-state index in [1.54, 1.807) is 6.07 Å². The molecule has 0 bridgehead atoms. The molecule has 0 aromatic carbocycles. The smallest absolute Gasteiger partial charge is 0.338 e. The summed E-state index contributed by atoms with van der Waals surface area (Å²) < 4.78 is 5.19. The molecule has 0 aliphatic rings. The van der Waals surface area contributed by atoms with E-state index < -0.39 is 5.97 Å².